The number of thiophene rings is 1. The summed E-state index contributed by atoms with van der Waals surface area (Å²) < 4.78 is 18.9. The summed E-state index contributed by atoms with van der Waals surface area (Å²) in [4.78, 5) is 5.69. The fraction of sp³-hybridized carbons (Fsp3) is 0.375. The lowest BCUT2D eigenvalue weighted by atomic mass is 9.95. The van der Waals surface area contributed by atoms with Crippen LogP contribution in [0.4, 0.5) is 0 Å². The lowest BCUT2D eigenvalue weighted by Gasteiger charge is -2.25. The van der Waals surface area contributed by atoms with E-state index < -0.39 is 0 Å². The molecule has 4 aromatic rings. The number of methoxy groups -OCH3 is 2. The highest BCUT2D eigenvalue weighted by molar-refractivity contribution is 7.98. The van der Waals surface area contributed by atoms with Gasteiger partial charge in [-0.2, -0.15) is 0 Å². The maximum absolute atomic E-state index is 5.68. The average molecular weight is 483 g/mol. The van der Waals surface area contributed by atoms with Crippen LogP contribution in [0.1, 0.15) is 43.8 Å². The van der Waals surface area contributed by atoms with Gasteiger partial charge in [-0.25, -0.2) is 4.98 Å². The molecule has 3 heterocycles. The molecule has 0 spiro atoms. The van der Waals surface area contributed by atoms with E-state index in [1.54, 1.807) is 43.6 Å². The van der Waals surface area contributed by atoms with Crippen molar-refractivity contribution >= 4 is 23.1 Å². The minimum atomic E-state index is 0.387. The van der Waals surface area contributed by atoms with Gasteiger partial charge in [-0.1, -0.05) is 37.1 Å². The molecule has 0 aliphatic heterocycles. The Morgan fingerprint density at radius 1 is 1.09 bits per heavy atom. The van der Waals surface area contributed by atoms with Gasteiger partial charge in [0.15, 0.2) is 22.5 Å². The van der Waals surface area contributed by atoms with E-state index in [9.17, 15) is 0 Å². The molecule has 33 heavy (non-hydrogen) atoms. The molecule has 0 radical (unpaired) electrons. The Morgan fingerprint density at radius 2 is 1.94 bits per heavy atom. The van der Waals surface area contributed by atoms with E-state index in [-0.39, 0.29) is 0 Å². The number of thioether (sulfide) groups is 1. The van der Waals surface area contributed by atoms with Gasteiger partial charge >= 0.3 is 0 Å². The Hall–Kier alpha value is -2.78. The van der Waals surface area contributed by atoms with Crippen LogP contribution >= 0.6 is 23.1 Å². The quantitative estimate of drug-likeness (QED) is 0.266. The fourth-order valence-electron chi connectivity index (χ4n) is 4.24. The van der Waals surface area contributed by atoms with Gasteiger partial charge in [-0.15, -0.1) is 21.5 Å². The van der Waals surface area contributed by atoms with Gasteiger partial charge < -0.3 is 13.9 Å². The van der Waals surface area contributed by atoms with E-state index in [4.69, 9.17) is 13.9 Å². The van der Waals surface area contributed by atoms with E-state index in [1.807, 2.05) is 35.7 Å². The molecule has 7 nitrogen and oxygen atoms in total. The summed E-state index contributed by atoms with van der Waals surface area (Å²) in [6.45, 7) is 0. The van der Waals surface area contributed by atoms with Gasteiger partial charge in [0.25, 0.3) is 0 Å². The lowest BCUT2D eigenvalue weighted by Crippen LogP contribution is -2.15. The topological polar surface area (TPSA) is 75.2 Å². The second-order valence-corrected chi connectivity index (χ2v) is 9.84. The van der Waals surface area contributed by atoms with Crippen LogP contribution in [0.25, 0.3) is 22.2 Å². The molecule has 0 amide bonds. The van der Waals surface area contributed by atoms with Gasteiger partial charge in [-0.05, 0) is 42.5 Å². The molecular formula is C24H26N4O3S2. The van der Waals surface area contributed by atoms with Crippen LogP contribution in [0.3, 0.4) is 0 Å². The molecule has 1 fully saturated rings. The molecule has 1 aliphatic rings. The summed E-state index contributed by atoms with van der Waals surface area (Å²) in [5.41, 5.74) is 1.87. The van der Waals surface area contributed by atoms with Gasteiger partial charge in [0.1, 0.15) is 6.26 Å². The first-order valence-electron chi connectivity index (χ1n) is 11.0. The van der Waals surface area contributed by atoms with Crippen molar-refractivity contribution in [2.45, 2.75) is 49.1 Å². The Labute approximate surface area is 201 Å². The number of rotatable bonds is 8. The molecular weight excluding hydrogens is 456 g/mol. The third-order valence-corrected chi connectivity index (χ3v) is 7.71. The first-order chi connectivity index (χ1) is 16.3. The number of hydrogen-bond donors (Lipinski definition) is 0. The number of oxazole rings is 1. The highest BCUT2D eigenvalue weighted by Gasteiger charge is 2.25. The van der Waals surface area contributed by atoms with Crippen molar-refractivity contribution in [3.05, 3.63) is 47.7 Å². The monoisotopic (exact) mass is 482 g/mol. The molecule has 9 heteroatoms. The second-order valence-electron chi connectivity index (χ2n) is 7.95. The third-order valence-electron chi connectivity index (χ3n) is 5.88. The maximum atomic E-state index is 5.68. The first kappa shape index (κ1) is 22.0. The van der Waals surface area contributed by atoms with Gasteiger partial charge in [0.2, 0.25) is 5.89 Å². The molecule has 1 saturated carbocycles. The predicted octanol–water partition coefficient (Wildman–Crippen LogP) is 6.48. The molecule has 3 aromatic heterocycles. The standard InChI is InChI=1S/C24H26N4O3S2/c1-29-19-11-10-16(13-20(19)30-2)22-26-27-24(28(22)18-7-4-3-5-8-18)33-15-17-14-31-23(25-17)21-9-6-12-32-21/h6,9-14,18H,3-5,7-8,15H2,1-2H3. The second kappa shape index (κ2) is 10.0. The van der Waals surface area contributed by atoms with Gasteiger partial charge in [0, 0.05) is 17.4 Å². The summed E-state index contributed by atoms with van der Waals surface area (Å²) >= 11 is 3.27. The lowest BCUT2D eigenvalue weighted by molar-refractivity contribution is 0.339. The van der Waals surface area contributed by atoms with E-state index in [0.717, 1.165) is 40.0 Å². The van der Waals surface area contributed by atoms with Crippen LogP contribution in [-0.2, 0) is 5.75 Å². The van der Waals surface area contributed by atoms with Crippen LogP contribution in [0.2, 0.25) is 0 Å². The number of hydrogen-bond acceptors (Lipinski definition) is 8. The number of aromatic nitrogens is 4. The minimum Gasteiger partial charge on any atom is -0.493 e. The van der Waals surface area contributed by atoms with E-state index in [2.05, 4.69) is 19.7 Å². The minimum absolute atomic E-state index is 0.387. The molecule has 1 aromatic carbocycles. The average Bonchev–Trinajstić information content (AvgIpc) is 3.63. The van der Waals surface area contributed by atoms with E-state index in [1.165, 1.54) is 19.3 Å². The summed E-state index contributed by atoms with van der Waals surface area (Å²) in [7, 11) is 3.29. The van der Waals surface area contributed by atoms with Crippen molar-refractivity contribution in [3.63, 3.8) is 0 Å². The van der Waals surface area contributed by atoms with Crippen LogP contribution < -0.4 is 9.47 Å². The van der Waals surface area contributed by atoms with Crippen molar-refractivity contribution in [2.75, 3.05) is 14.2 Å². The van der Waals surface area contributed by atoms with Crippen molar-refractivity contribution in [3.8, 4) is 33.7 Å². The van der Waals surface area contributed by atoms with Crippen LogP contribution in [0, 0.1) is 0 Å². The molecule has 172 valence electrons. The summed E-state index contributed by atoms with van der Waals surface area (Å²) in [5, 5.41) is 12.1. The van der Waals surface area contributed by atoms with Crippen molar-refractivity contribution < 1.29 is 13.9 Å². The highest BCUT2D eigenvalue weighted by Crippen LogP contribution is 2.38. The SMILES string of the molecule is COc1ccc(-c2nnc(SCc3coc(-c4cccs4)n3)n2C2CCCCC2)cc1OC. The smallest absolute Gasteiger partial charge is 0.236 e. The Kier molecular flexibility index (Phi) is 6.68. The predicted molar refractivity (Wildman–Crippen MR) is 130 cm³/mol. The normalized spacial score (nSPS) is 14.5. The van der Waals surface area contributed by atoms with Gasteiger partial charge in [0.05, 0.1) is 24.8 Å². The van der Waals surface area contributed by atoms with Crippen LogP contribution in [0.15, 0.2) is 51.5 Å². The number of nitrogens with zero attached hydrogens (tertiary/aromatic N) is 4. The zero-order valence-electron chi connectivity index (χ0n) is 18.7. The van der Waals surface area contributed by atoms with Crippen LogP contribution in [0.5, 0.6) is 11.5 Å². The maximum Gasteiger partial charge on any atom is 0.236 e. The fourth-order valence-corrected chi connectivity index (χ4v) is 5.78. The highest BCUT2D eigenvalue weighted by atomic mass is 32.2. The molecule has 0 saturated heterocycles. The summed E-state index contributed by atoms with van der Waals surface area (Å²) in [5.74, 6) is 3.59. The molecule has 0 atom stereocenters. The Balaban J connectivity index is 1.43. The Bertz CT molecular complexity index is 1200. The first-order valence-corrected chi connectivity index (χ1v) is 12.9. The van der Waals surface area contributed by atoms with E-state index in [0.29, 0.717) is 29.2 Å². The van der Waals surface area contributed by atoms with Crippen molar-refractivity contribution in [1.29, 1.82) is 0 Å². The van der Waals surface area contributed by atoms with Crippen molar-refractivity contribution in [1.82, 2.24) is 19.7 Å². The number of ether oxygens (including phenoxy) is 2. The molecule has 1 aliphatic carbocycles. The largest absolute Gasteiger partial charge is 0.493 e. The van der Waals surface area contributed by atoms with Crippen molar-refractivity contribution in [2.24, 2.45) is 0 Å². The zero-order chi connectivity index (χ0) is 22.6. The van der Waals surface area contributed by atoms with Gasteiger partial charge in [-0.3, -0.25) is 4.57 Å². The third kappa shape index (κ3) is 4.65. The molecule has 0 unspecified atom stereocenters. The summed E-state index contributed by atoms with van der Waals surface area (Å²) in [6, 6.07) is 10.3. The molecule has 0 N–H and O–H groups in total. The molecule has 5 rings (SSSR count). The zero-order valence-corrected chi connectivity index (χ0v) is 20.3. The number of benzene rings is 1. The van der Waals surface area contributed by atoms with E-state index >= 15 is 0 Å². The Morgan fingerprint density at radius 3 is 2.70 bits per heavy atom. The molecule has 0 bridgehead atoms. The summed E-state index contributed by atoms with van der Waals surface area (Å²) in [6.07, 6.45) is 7.75. The van der Waals surface area contributed by atoms with Crippen LogP contribution in [-0.4, -0.2) is 34.0 Å².